The topological polar surface area (TPSA) is 29.5 Å². The van der Waals surface area contributed by atoms with E-state index in [4.69, 9.17) is 4.74 Å². The maximum atomic E-state index is 13.3. The van der Waals surface area contributed by atoms with Gasteiger partial charge in [-0.1, -0.05) is 6.92 Å². The Labute approximate surface area is 100 Å². The molecule has 0 radical (unpaired) electrons. The van der Waals surface area contributed by atoms with E-state index in [0.29, 0.717) is 19.6 Å². The SMILES string of the molecule is CCCOCCC(O)Cc1cc(F)ccc1F. The standard InChI is InChI=1S/C13H18F2O2/c1-2-6-17-7-5-12(16)9-10-8-11(14)3-4-13(10)15/h3-4,8,12,16H,2,5-7,9H2,1H3. The van der Waals surface area contributed by atoms with Crippen LogP contribution >= 0.6 is 0 Å². The number of rotatable bonds is 7. The van der Waals surface area contributed by atoms with Crippen LogP contribution in [-0.2, 0) is 11.2 Å². The molecular formula is C13H18F2O2. The maximum absolute atomic E-state index is 13.3. The average molecular weight is 244 g/mol. The van der Waals surface area contributed by atoms with E-state index in [1.165, 1.54) is 0 Å². The minimum absolute atomic E-state index is 0.110. The second kappa shape index (κ2) is 7.35. The molecule has 0 spiro atoms. The van der Waals surface area contributed by atoms with Gasteiger partial charge in [0.25, 0.3) is 0 Å². The van der Waals surface area contributed by atoms with Gasteiger partial charge in [-0.3, -0.25) is 0 Å². The number of halogens is 2. The van der Waals surface area contributed by atoms with Gasteiger partial charge in [-0.25, -0.2) is 8.78 Å². The molecule has 2 nitrogen and oxygen atoms in total. The lowest BCUT2D eigenvalue weighted by molar-refractivity contribution is 0.0820. The fourth-order valence-corrected chi connectivity index (χ4v) is 1.52. The summed E-state index contributed by atoms with van der Waals surface area (Å²) in [4.78, 5) is 0. The molecule has 1 atom stereocenters. The van der Waals surface area contributed by atoms with Crippen molar-refractivity contribution in [2.45, 2.75) is 32.3 Å². The predicted molar refractivity (Wildman–Crippen MR) is 61.8 cm³/mol. The second-order valence-electron chi connectivity index (χ2n) is 3.99. The summed E-state index contributed by atoms with van der Waals surface area (Å²) in [5.41, 5.74) is 0.202. The first kappa shape index (κ1) is 14.1. The number of ether oxygens (including phenoxy) is 1. The van der Waals surface area contributed by atoms with Crippen molar-refractivity contribution in [1.82, 2.24) is 0 Å². The van der Waals surface area contributed by atoms with Gasteiger partial charge in [-0.2, -0.15) is 0 Å². The maximum Gasteiger partial charge on any atom is 0.126 e. The molecule has 0 aliphatic carbocycles. The van der Waals surface area contributed by atoms with E-state index in [2.05, 4.69) is 0 Å². The van der Waals surface area contributed by atoms with Gasteiger partial charge in [-0.05, 0) is 36.6 Å². The Morgan fingerprint density at radius 2 is 2.06 bits per heavy atom. The van der Waals surface area contributed by atoms with E-state index < -0.39 is 17.7 Å². The lowest BCUT2D eigenvalue weighted by atomic mass is 10.1. The third-order valence-electron chi connectivity index (χ3n) is 2.41. The van der Waals surface area contributed by atoms with Gasteiger partial charge in [0.15, 0.2) is 0 Å². The summed E-state index contributed by atoms with van der Waals surface area (Å²) in [6.45, 7) is 3.09. The number of hydrogen-bond acceptors (Lipinski definition) is 2. The predicted octanol–water partition coefficient (Wildman–Crippen LogP) is 2.68. The fraction of sp³-hybridized carbons (Fsp3) is 0.538. The molecule has 1 N–H and O–H groups in total. The molecule has 0 bridgehead atoms. The van der Waals surface area contributed by atoms with Gasteiger partial charge in [0.1, 0.15) is 11.6 Å². The Hall–Kier alpha value is -1.00. The summed E-state index contributed by atoms with van der Waals surface area (Å²) in [5.74, 6) is -0.976. The highest BCUT2D eigenvalue weighted by Crippen LogP contribution is 2.13. The number of aliphatic hydroxyl groups excluding tert-OH is 1. The van der Waals surface area contributed by atoms with E-state index in [9.17, 15) is 13.9 Å². The van der Waals surface area contributed by atoms with Gasteiger partial charge in [0.2, 0.25) is 0 Å². The molecule has 96 valence electrons. The number of hydrogen-bond donors (Lipinski definition) is 1. The van der Waals surface area contributed by atoms with E-state index >= 15 is 0 Å². The van der Waals surface area contributed by atoms with Crippen molar-refractivity contribution in [2.24, 2.45) is 0 Å². The van der Waals surface area contributed by atoms with Gasteiger partial charge >= 0.3 is 0 Å². The Kier molecular flexibility index (Phi) is 6.08. The molecule has 0 aliphatic rings. The van der Waals surface area contributed by atoms with Crippen molar-refractivity contribution in [2.75, 3.05) is 13.2 Å². The molecule has 0 fully saturated rings. The van der Waals surface area contributed by atoms with Crippen LogP contribution in [0.15, 0.2) is 18.2 Å². The van der Waals surface area contributed by atoms with Gasteiger partial charge in [0.05, 0.1) is 6.10 Å². The molecule has 1 unspecified atom stereocenters. The van der Waals surface area contributed by atoms with Crippen LogP contribution in [0.1, 0.15) is 25.3 Å². The van der Waals surface area contributed by atoms with Crippen molar-refractivity contribution < 1.29 is 18.6 Å². The van der Waals surface area contributed by atoms with Crippen LogP contribution in [0.25, 0.3) is 0 Å². The van der Waals surface area contributed by atoms with E-state index in [1.807, 2.05) is 6.92 Å². The Morgan fingerprint density at radius 1 is 1.29 bits per heavy atom. The van der Waals surface area contributed by atoms with E-state index in [-0.39, 0.29) is 12.0 Å². The molecule has 0 saturated carbocycles. The van der Waals surface area contributed by atoms with Crippen LogP contribution in [-0.4, -0.2) is 24.4 Å². The Morgan fingerprint density at radius 3 is 2.76 bits per heavy atom. The fourth-order valence-electron chi connectivity index (χ4n) is 1.52. The summed E-state index contributed by atoms with van der Waals surface area (Å²) >= 11 is 0. The zero-order valence-electron chi connectivity index (χ0n) is 9.96. The quantitative estimate of drug-likeness (QED) is 0.747. The molecule has 1 aromatic rings. The normalized spacial score (nSPS) is 12.7. The van der Waals surface area contributed by atoms with Crippen molar-refractivity contribution in [3.8, 4) is 0 Å². The van der Waals surface area contributed by atoms with E-state index in [1.54, 1.807) is 0 Å². The molecule has 0 amide bonds. The summed E-state index contributed by atoms with van der Waals surface area (Å²) in [5, 5.41) is 9.65. The van der Waals surface area contributed by atoms with Crippen LogP contribution < -0.4 is 0 Å². The summed E-state index contributed by atoms with van der Waals surface area (Å²) < 4.78 is 31.4. The van der Waals surface area contributed by atoms with Crippen LogP contribution in [0.3, 0.4) is 0 Å². The lowest BCUT2D eigenvalue weighted by Crippen LogP contribution is -2.15. The first-order valence-corrected chi connectivity index (χ1v) is 5.83. The summed E-state index contributed by atoms with van der Waals surface area (Å²) in [6, 6.07) is 3.26. The first-order valence-electron chi connectivity index (χ1n) is 5.83. The van der Waals surface area contributed by atoms with Gasteiger partial charge in [-0.15, -0.1) is 0 Å². The van der Waals surface area contributed by atoms with Crippen LogP contribution in [0.5, 0.6) is 0 Å². The Bertz CT molecular complexity index is 342. The zero-order chi connectivity index (χ0) is 12.7. The molecule has 0 aromatic heterocycles. The zero-order valence-corrected chi connectivity index (χ0v) is 9.96. The number of benzene rings is 1. The lowest BCUT2D eigenvalue weighted by Gasteiger charge is -2.11. The summed E-state index contributed by atoms with van der Waals surface area (Å²) in [7, 11) is 0. The Balaban J connectivity index is 2.39. The first-order chi connectivity index (χ1) is 8.13. The van der Waals surface area contributed by atoms with Crippen LogP contribution in [0.4, 0.5) is 8.78 Å². The number of aliphatic hydroxyl groups is 1. The molecular weight excluding hydrogens is 226 g/mol. The molecule has 17 heavy (non-hydrogen) atoms. The van der Waals surface area contributed by atoms with Gasteiger partial charge in [0, 0.05) is 19.6 Å². The van der Waals surface area contributed by atoms with Gasteiger partial charge < -0.3 is 9.84 Å². The van der Waals surface area contributed by atoms with Crippen molar-refractivity contribution >= 4 is 0 Å². The van der Waals surface area contributed by atoms with Crippen molar-refractivity contribution in [1.29, 1.82) is 0 Å². The third kappa shape index (κ3) is 5.24. The summed E-state index contributed by atoms with van der Waals surface area (Å²) in [6.07, 6.45) is 0.757. The van der Waals surface area contributed by atoms with Crippen molar-refractivity contribution in [3.05, 3.63) is 35.4 Å². The molecule has 1 aromatic carbocycles. The minimum Gasteiger partial charge on any atom is -0.393 e. The second-order valence-corrected chi connectivity index (χ2v) is 3.99. The van der Waals surface area contributed by atoms with Crippen molar-refractivity contribution in [3.63, 3.8) is 0 Å². The third-order valence-corrected chi connectivity index (χ3v) is 2.41. The smallest absolute Gasteiger partial charge is 0.126 e. The highest BCUT2D eigenvalue weighted by Gasteiger charge is 2.10. The van der Waals surface area contributed by atoms with E-state index in [0.717, 1.165) is 24.6 Å². The largest absolute Gasteiger partial charge is 0.393 e. The van der Waals surface area contributed by atoms with Crippen LogP contribution in [0, 0.1) is 11.6 Å². The molecule has 4 heteroatoms. The molecule has 0 aliphatic heterocycles. The molecule has 0 heterocycles. The van der Waals surface area contributed by atoms with Crippen LogP contribution in [0.2, 0.25) is 0 Å². The molecule has 1 rings (SSSR count). The average Bonchev–Trinajstić information content (AvgIpc) is 2.29. The minimum atomic E-state index is -0.705. The highest BCUT2D eigenvalue weighted by molar-refractivity contribution is 5.19. The monoisotopic (exact) mass is 244 g/mol. The highest BCUT2D eigenvalue weighted by atomic mass is 19.1. The molecule has 0 saturated heterocycles.